The second-order valence-electron chi connectivity index (χ2n) is 6.36. The quantitative estimate of drug-likeness (QED) is 0.505. The Kier molecular flexibility index (Phi) is 4.94. The Hall–Kier alpha value is -3.39. The van der Waals surface area contributed by atoms with Gasteiger partial charge in [-0.2, -0.15) is 9.50 Å². The molecule has 0 saturated heterocycles. The number of fused-ring (bicyclic) bond motifs is 1. The van der Waals surface area contributed by atoms with Gasteiger partial charge in [-0.25, -0.2) is 0 Å². The summed E-state index contributed by atoms with van der Waals surface area (Å²) in [6.45, 7) is 2.00. The second-order valence-corrected chi connectivity index (χ2v) is 7.37. The molecule has 0 unspecified atom stereocenters. The third kappa shape index (κ3) is 3.42. The van der Waals surface area contributed by atoms with Crippen molar-refractivity contribution in [3.63, 3.8) is 0 Å². The SMILES string of the molecule is COc1cc(OC)c(OC)cc1/C=c1\sc2nc(-c3cccc(C)c3)nn2c1=O. The van der Waals surface area contributed by atoms with Crippen molar-refractivity contribution in [2.24, 2.45) is 0 Å². The number of aryl methyl sites for hydroxylation is 1. The molecule has 4 rings (SSSR count). The van der Waals surface area contributed by atoms with Gasteiger partial charge in [0.15, 0.2) is 17.3 Å². The van der Waals surface area contributed by atoms with E-state index in [1.807, 2.05) is 31.2 Å². The minimum absolute atomic E-state index is 0.228. The van der Waals surface area contributed by atoms with E-state index in [2.05, 4.69) is 10.1 Å². The first-order chi connectivity index (χ1) is 14.0. The van der Waals surface area contributed by atoms with Crippen LogP contribution in [0.2, 0.25) is 0 Å². The zero-order chi connectivity index (χ0) is 20.5. The first kappa shape index (κ1) is 18.9. The van der Waals surface area contributed by atoms with Crippen LogP contribution in [-0.2, 0) is 0 Å². The standard InChI is InChI=1S/C21H19N3O4S/c1-12-6-5-7-13(8-12)19-22-21-24(23-19)20(25)18(29-21)10-14-9-16(27-3)17(28-4)11-15(14)26-2/h5-11H,1-4H3/b18-10-. The summed E-state index contributed by atoms with van der Waals surface area (Å²) in [5.41, 5.74) is 2.46. The van der Waals surface area contributed by atoms with Gasteiger partial charge in [0, 0.05) is 17.2 Å². The summed E-state index contributed by atoms with van der Waals surface area (Å²) < 4.78 is 17.9. The highest BCUT2D eigenvalue weighted by molar-refractivity contribution is 7.15. The van der Waals surface area contributed by atoms with E-state index in [0.29, 0.717) is 38.1 Å². The first-order valence-corrected chi connectivity index (χ1v) is 9.64. The number of nitrogens with zero attached hydrogens (tertiary/aromatic N) is 3. The maximum absolute atomic E-state index is 12.9. The van der Waals surface area contributed by atoms with Gasteiger partial charge in [0.1, 0.15) is 5.75 Å². The van der Waals surface area contributed by atoms with Crippen LogP contribution in [0.25, 0.3) is 22.4 Å². The topological polar surface area (TPSA) is 74.9 Å². The van der Waals surface area contributed by atoms with E-state index in [1.54, 1.807) is 39.5 Å². The highest BCUT2D eigenvalue weighted by atomic mass is 32.1. The predicted molar refractivity (Wildman–Crippen MR) is 112 cm³/mol. The molecule has 0 atom stereocenters. The van der Waals surface area contributed by atoms with Crippen molar-refractivity contribution in [2.75, 3.05) is 21.3 Å². The Morgan fingerprint density at radius 1 is 1.00 bits per heavy atom. The van der Waals surface area contributed by atoms with E-state index in [4.69, 9.17) is 14.2 Å². The molecule has 4 aromatic rings. The van der Waals surface area contributed by atoms with E-state index in [-0.39, 0.29) is 5.56 Å². The summed E-state index contributed by atoms with van der Waals surface area (Å²) in [5, 5.41) is 4.40. The van der Waals surface area contributed by atoms with Crippen LogP contribution >= 0.6 is 11.3 Å². The fourth-order valence-corrected chi connectivity index (χ4v) is 3.95. The van der Waals surface area contributed by atoms with Crippen LogP contribution < -0.4 is 24.3 Å². The van der Waals surface area contributed by atoms with Gasteiger partial charge in [0.2, 0.25) is 4.96 Å². The van der Waals surface area contributed by atoms with Crippen LogP contribution in [0.15, 0.2) is 41.2 Å². The molecule has 7 nitrogen and oxygen atoms in total. The maximum atomic E-state index is 12.9. The van der Waals surface area contributed by atoms with Crippen LogP contribution in [-0.4, -0.2) is 35.9 Å². The Balaban J connectivity index is 1.83. The molecule has 0 aliphatic carbocycles. The van der Waals surface area contributed by atoms with Gasteiger partial charge in [-0.1, -0.05) is 35.1 Å². The molecule has 0 aliphatic heterocycles. The van der Waals surface area contributed by atoms with Gasteiger partial charge in [-0.3, -0.25) is 4.79 Å². The van der Waals surface area contributed by atoms with Crippen molar-refractivity contribution in [2.45, 2.75) is 6.92 Å². The highest BCUT2D eigenvalue weighted by Gasteiger charge is 2.14. The number of methoxy groups -OCH3 is 3. The number of rotatable bonds is 5. The molecule has 8 heteroatoms. The second kappa shape index (κ2) is 7.56. The molecule has 0 bridgehead atoms. The lowest BCUT2D eigenvalue weighted by molar-refractivity contribution is 0.348. The summed E-state index contributed by atoms with van der Waals surface area (Å²) in [5.74, 6) is 2.20. The fourth-order valence-electron chi connectivity index (χ4n) is 3.05. The average Bonchev–Trinajstić information content (AvgIpc) is 3.27. The lowest BCUT2D eigenvalue weighted by Gasteiger charge is -2.11. The third-order valence-electron chi connectivity index (χ3n) is 4.48. The zero-order valence-corrected chi connectivity index (χ0v) is 17.2. The van der Waals surface area contributed by atoms with E-state index < -0.39 is 0 Å². The molecular formula is C21H19N3O4S. The fraction of sp³-hybridized carbons (Fsp3) is 0.190. The number of ether oxygens (including phenoxy) is 3. The lowest BCUT2D eigenvalue weighted by atomic mass is 10.1. The smallest absolute Gasteiger partial charge is 0.291 e. The monoisotopic (exact) mass is 409 g/mol. The molecule has 2 heterocycles. The Morgan fingerprint density at radius 2 is 1.72 bits per heavy atom. The molecule has 0 aliphatic rings. The Morgan fingerprint density at radius 3 is 2.38 bits per heavy atom. The molecule has 148 valence electrons. The van der Waals surface area contributed by atoms with Crippen molar-refractivity contribution < 1.29 is 14.2 Å². The molecule has 0 radical (unpaired) electrons. The zero-order valence-electron chi connectivity index (χ0n) is 16.4. The molecule has 2 aromatic heterocycles. The van der Waals surface area contributed by atoms with Crippen molar-refractivity contribution in [3.05, 3.63) is 62.4 Å². The van der Waals surface area contributed by atoms with Gasteiger partial charge in [0.05, 0.1) is 25.9 Å². The van der Waals surface area contributed by atoms with Crippen LogP contribution in [0.1, 0.15) is 11.1 Å². The van der Waals surface area contributed by atoms with Crippen LogP contribution in [0.3, 0.4) is 0 Å². The summed E-state index contributed by atoms with van der Waals surface area (Å²) in [6.07, 6.45) is 1.75. The van der Waals surface area contributed by atoms with Gasteiger partial charge in [-0.15, -0.1) is 5.10 Å². The number of thiazole rings is 1. The van der Waals surface area contributed by atoms with Crippen molar-refractivity contribution >= 4 is 22.4 Å². The maximum Gasteiger partial charge on any atom is 0.291 e. The Bertz CT molecular complexity index is 1310. The minimum Gasteiger partial charge on any atom is -0.496 e. The Labute approximate surface area is 170 Å². The van der Waals surface area contributed by atoms with Crippen molar-refractivity contribution in [3.8, 4) is 28.6 Å². The third-order valence-corrected chi connectivity index (χ3v) is 5.44. The molecule has 0 amide bonds. The summed E-state index contributed by atoms with van der Waals surface area (Å²) >= 11 is 1.27. The summed E-state index contributed by atoms with van der Waals surface area (Å²) in [4.78, 5) is 17.9. The number of benzene rings is 2. The predicted octanol–water partition coefficient (Wildman–Crippen LogP) is 2.70. The van der Waals surface area contributed by atoms with E-state index in [9.17, 15) is 4.79 Å². The molecular weight excluding hydrogens is 390 g/mol. The van der Waals surface area contributed by atoms with Crippen LogP contribution in [0, 0.1) is 6.92 Å². The van der Waals surface area contributed by atoms with Crippen molar-refractivity contribution in [1.82, 2.24) is 14.6 Å². The molecule has 0 N–H and O–H groups in total. The van der Waals surface area contributed by atoms with Gasteiger partial charge in [0.25, 0.3) is 5.56 Å². The van der Waals surface area contributed by atoms with Crippen LogP contribution in [0.4, 0.5) is 0 Å². The minimum atomic E-state index is -0.228. The van der Waals surface area contributed by atoms with Gasteiger partial charge in [-0.05, 0) is 25.1 Å². The lowest BCUT2D eigenvalue weighted by Crippen LogP contribution is -2.23. The molecule has 0 spiro atoms. The first-order valence-electron chi connectivity index (χ1n) is 8.82. The highest BCUT2D eigenvalue weighted by Crippen LogP contribution is 2.34. The van der Waals surface area contributed by atoms with Gasteiger partial charge >= 0.3 is 0 Å². The van der Waals surface area contributed by atoms with Crippen LogP contribution in [0.5, 0.6) is 17.2 Å². The number of aromatic nitrogens is 3. The van der Waals surface area contributed by atoms with E-state index in [1.165, 1.54) is 15.9 Å². The summed E-state index contributed by atoms with van der Waals surface area (Å²) in [7, 11) is 4.68. The molecule has 2 aromatic carbocycles. The molecule has 29 heavy (non-hydrogen) atoms. The normalized spacial score (nSPS) is 11.8. The van der Waals surface area contributed by atoms with Gasteiger partial charge < -0.3 is 14.2 Å². The molecule has 0 fully saturated rings. The number of hydrogen-bond acceptors (Lipinski definition) is 7. The van der Waals surface area contributed by atoms with E-state index in [0.717, 1.165) is 11.1 Å². The average molecular weight is 409 g/mol. The largest absolute Gasteiger partial charge is 0.496 e. The number of hydrogen-bond donors (Lipinski definition) is 0. The van der Waals surface area contributed by atoms with Crippen molar-refractivity contribution in [1.29, 1.82) is 0 Å². The van der Waals surface area contributed by atoms with E-state index >= 15 is 0 Å². The summed E-state index contributed by atoms with van der Waals surface area (Å²) in [6, 6.07) is 11.4. The molecule has 0 saturated carbocycles.